The van der Waals surface area contributed by atoms with Gasteiger partial charge in [-0.25, -0.2) is 4.98 Å². The first-order chi connectivity index (χ1) is 12.6. The third kappa shape index (κ3) is 3.29. The Morgan fingerprint density at radius 1 is 1.15 bits per heavy atom. The van der Waals surface area contributed by atoms with Gasteiger partial charge in [0, 0.05) is 36.9 Å². The Kier molecular flexibility index (Phi) is 4.37. The second-order valence-electron chi connectivity index (χ2n) is 7.21. The zero-order chi connectivity index (χ0) is 18.1. The van der Waals surface area contributed by atoms with Crippen molar-refractivity contribution >= 4 is 22.9 Å². The number of amides is 1. The number of rotatable bonds is 3. The van der Waals surface area contributed by atoms with Crippen LogP contribution >= 0.6 is 0 Å². The van der Waals surface area contributed by atoms with Crippen LogP contribution in [0.15, 0.2) is 48.8 Å². The van der Waals surface area contributed by atoms with Crippen LogP contribution in [-0.2, 0) is 0 Å². The van der Waals surface area contributed by atoms with Gasteiger partial charge < -0.3 is 14.6 Å². The summed E-state index contributed by atoms with van der Waals surface area (Å²) in [6.07, 6.45) is 6.30. The molecule has 1 aliphatic rings. The highest BCUT2D eigenvalue weighted by molar-refractivity contribution is 6.08. The number of anilines is 2. The Bertz CT molecular complexity index is 921. The predicted octanol–water partition coefficient (Wildman–Crippen LogP) is 4.13. The second kappa shape index (κ2) is 6.83. The highest BCUT2D eigenvalue weighted by atomic mass is 16.1. The van der Waals surface area contributed by atoms with Crippen molar-refractivity contribution in [3.63, 3.8) is 0 Å². The molecule has 2 aromatic heterocycles. The topological polar surface area (TPSA) is 49.6 Å². The van der Waals surface area contributed by atoms with E-state index in [2.05, 4.69) is 34.3 Å². The van der Waals surface area contributed by atoms with Gasteiger partial charge in [0.05, 0.1) is 11.3 Å². The van der Waals surface area contributed by atoms with Gasteiger partial charge in [-0.15, -0.1) is 0 Å². The number of aromatic nitrogens is 2. The maximum Gasteiger partial charge on any atom is 0.259 e. The molecule has 3 aromatic rings. The third-order valence-corrected chi connectivity index (χ3v) is 5.12. The molecule has 1 saturated heterocycles. The number of aryl methyl sites for hydroxylation is 1. The van der Waals surface area contributed by atoms with Gasteiger partial charge in [-0.05, 0) is 62.1 Å². The van der Waals surface area contributed by atoms with Gasteiger partial charge in [0.1, 0.15) is 5.65 Å². The molecule has 134 valence electrons. The molecule has 4 rings (SSSR count). The highest BCUT2D eigenvalue weighted by Crippen LogP contribution is 2.24. The van der Waals surface area contributed by atoms with Gasteiger partial charge in [-0.2, -0.15) is 0 Å². The van der Waals surface area contributed by atoms with E-state index < -0.39 is 0 Å². The number of carbonyl (C=O) groups excluding carboxylic acids is 1. The van der Waals surface area contributed by atoms with Crippen LogP contribution < -0.4 is 10.2 Å². The van der Waals surface area contributed by atoms with E-state index in [0.717, 1.165) is 30.4 Å². The normalized spacial score (nSPS) is 15.4. The van der Waals surface area contributed by atoms with Crippen molar-refractivity contribution in [2.24, 2.45) is 5.92 Å². The zero-order valence-corrected chi connectivity index (χ0v) is 15.3. The fraction of sp³-hybridized carbons (Fsp3) is 0.333. The monoisotopic (exact) mass is 348 g/mol. The Balaban J connectivity index is 1.49. The summed E-state index contributed by atoms with van der Waals surface area (Å²) in [4.78, 5) is 19.6. The number of pyridine rings is 1. The number of carbonyl (C=O) groups is 1. The van der Waals surface area contributed by atoms with Crippen LogP contribution in [0.3, 0.4) is 0 Å². The Hall–Kier alpha value is -2.82. The van der Waals surface area contributed by atoms with E-state index in [0.29, 0.717) is 11.2 Å². The van der Waals surface area contributed by atoms with Gasteiger partial charge in [0.15, 0.2) is 0 Å². The van der Waals surface area contributed by atoms with Crippen molar-refractivity contribution in [1.82, 2.24) is 9.38 Å². The minimum absolute atomic E-state index is 0.138. The lowest BCUT2D eigenvalue weighted by molar-refractivity contribution is 0.102. The number of imidazole rings is 1. The SMILES string of the molecule is Cc1cn2cccc(C(=O)Nc3ccc(N4CCC(C)CC4)cc3)c2n1. The van der Waals surface area contributed by atoms with E-state index in [4.69, 9.17) is 0 Å². The largest absolute Gasteiger partial charge is 0.372 e. The molecule has 0 spiro atoms. The van der Waals surface area contributed by atoms with Crippen LogP contribution in [0.25, 0.3) is 5.65 Å². The lowest BCUT2D eigenvalue weighted by atomic mass is 9.99. The number of nitrogens with zero attached hydrogens (tertiary/aromatic N) is 3. The molecule has 3 heterocycles. The van der Waals surface area contributed by atoms with Crippen LogP contribution in [0.2, 0.25) is 0 Å². The first-order valence-electron chi connectivity index (χ1n) is 9.21. The van der Waals surface area contributed by atoms with Crippen molar-refractivity contribution in [2.45, 2.75) is 26.7 Å². The van der Waals surface area contributed by atoms with Crippen LogP contribution in [0.1, 0.15) is 35.8 Å². The van der Waals surface area contributed by atoms with E-state index in [1.54, 1.807) is 6.07 Å². The fourth-order valence-electron chi connectivity index (χ4n) is 3.53. The number of benzene rings is 1. The molecular formula is C21H24N4O. The third-order valence-electron chi connectivity index (χ3n) is 5.12. The van der Waals surface area contributed by atoms with Gasteiger partial charge >= 0.3 is 0 Å². The lowest BCUT2D eigenvalue weighted by Crippen LogP contribution is -2.32. The standard InChI is InChI=1S/C21H24N4O/c1-15-9-12-24(13-10-15)18-7-5-17(6-8-18)23-21(26)19-4-3-11-25-14-16(2)22-20(19)25/h3-8,11,14-15H,9-10,12-13H2,1-2H3,(H,23,26). The first kappa shape index (κ1) is 16.6. The van der Waals surface area contributed by atoms with Crippen LogP contribution in [0.5, 0.6) is 0 Å². The summed E-state index contributed by atoms with van der Waals surface area (Å²) in [5, 5.41) is 2.99. The van der Waals surface area contributed by atoms with Gasteiger partial charge in [0.2, 0.25) is 0 Å². The molecule has 1 N–H and O–H groups in total. The number of nitrogens with one attached hydrogen (secondary N) is 1. The molecular weight excluding hydrogens is 324 g/mol. The van der Waals surface area contributed by atoms with Crippen molar-refractivity contribution in [2.75, 3.05) is 23.3 Å². The molecule has 1 fully saturated rings. The summed E-state index contributed by atoms with van der Waals surface area (Å²) >= 11 is 0. The summed E-state index contributed by atoms with van der Waals surface area (Å²) in [6, 6.07) is 11.8. The van der Waals surface area contributed by atoms with Gasteiger partial charge in [-0.3, -0.25) is 4.79 Å². The average molecular weight is 348 g/mol. The fourth-order valence-corrected chi connectivity index (χ4v) is 3.53. The van der Waals surface area contributed by atoms with E-state index in [9.17, 15) is 4.79 Å². The molecule has 0 saturated carbocycles. The Labute approximate surface area is 153 Å². The Morgan fingerprint density at radius 3 is 2.62 bits per heavy atom. The number of hydrogen-bond acceptors (Lipinski definition) is 3. The van der Waals surface area contributed by atoms with Crippen molar-refractivity contribution in [3.8, 4) is 0 Å². The van der Waals surface area contributed by atoms with Crippen molar-refractivity contribution in [3.05, 3.63) is 60.0 Å². The van der Waals surface area contributed by atoms with Gasteiger partial charge in [-0.1, -0.05) is 6.92 Å². The molecule has 5 nitrogen and oxygen atoms in total. The molecule has 0 radical (unpaired) electrons. The van der Waals surface area contributed by atoms with Crippen molar-refractivity contribution < 1.29 is 4.79 Å². The predicted molar refractivity (Wildman–Crippen MR) is 105 cm³/mol. The smallest absolute Gasteiger partial charge is 0.259 e. The number of piperidine rings is 1. The van der Waals surface area contributed by atoms with E-state index in [1.165, 1.54) is 18.5 Å². The first-order valence-corrected chi connectivity index (χ1v) is 9.21. The van der Waals surface area contributed by atoms with Gasteiger partial charge in [0.25, 0.3) is 5.91 Å². The average Bonchev–Trinajstić information content (AvgIpc) is 3.03. The molecule has 0 bridgehead atoms. The highest BCUT2D eigenvalue weighted by Gasteiger charge is 2.16. The maximum absolute atomic E-state index is 12.7. The van der Waals surface area contributed by atoms with E-state index >= 15 is 0 Å². The summed E-state index contributed by atoms with van der Waals surface area (Å²) < 4.78 is 1.88. The summed E-state index contributed by atoms with van der Waals surface area (Å²) in [5.41, 5.74) is 4.18. The molecule has 0 atom stereocenters. The molecule has 26 heavy (non-hydrogen) atoms. The van der Waals surface area contributed by atoms with Crippen LogP contribution in [-0.4, -0.2) is 28.4 Å². The van der Waals surface area contributed by atoms with Crippen LogP contribution in [0, 0.1) is 12.8 Å². The quantitative estimate of drug-likeness (QED) is 0.774. The minimum Gasteiger partial charge on any atom is -0.372 e. The van der Waals surface area contributed by atoms with E-state index in [-0.39, 0.29) is 5.91 Å². The maximum atomic E-state index is 12.7. The number of hydrogen-bond donors (Lipinski definition) is 1. The van der Waals surface area contributed by atoms with E-state index in [1.807, 2.05) is 41.9 Å². The summed E-state index contributed by atoms with van der Waals surface area (Å²) in [7, 11) is 0. The molecule has 5 heteroatoms. The minimum atomic E-state index is -0.138. The second-order valence-corrected chi connectivity index (χ2v) is 7.21. The molecule has 1 aromatic carbocycles. The number of fused-ring (bicyclic) bond motifs is 1. The summed E-state index contributed by atoms with van der Waals surface area (Å²) in [5.74, 6) is 0.680. The molecule has 1 aliphatic heterocycles. The molecule has 0 unspecified atom stereocenters. The lowest BCUT2D eigenvalue weighted by Gasteiger charge is -2.32. The van der Waals surface area contributed by atoms with Crippen LogP contribution in [0.4, 0.5) is 11.4 Å². The molecule has 0 aliphatic carbocycles. The summed E-state index contributed by atoms with van der Waals surface area (Å²) in [6.45, 7) is 6.45. The molecule has 1 amide bonds. The zero-order valence-electron chi connectivity index (χ0n) is 15.3. The Morgan fingerprint density at radius 2 is 1.88 bits per heavy atom. The van der Waals surface area contributed by atoms with Crippen molar-refractivity contribution in [1.29, 1.82) is 0 Å².